The topological polar surface area (TPSA) is 102 Å². The van der Waals surface area contributed by atoms with Gasteiger partial charge in [-0.25, -0.2) is 17.9 Å². The van der Waals surface area contributed by atoms with Crippen LogP contribution in [0.2, 0.25) is 0 Å². The minimum atomic E-state index is -3.63. The Kier molecular flexibility index (Phi) is 6.88. The molecule has 7 nitrogen and oxygen atoms in total. The van der Waals surface area contributed by atoms with Gasteiger partial charge in [-0.2, -0.15) is 0 Å². The number of nitrogens with one attached hydrogen (secondary N) is 2. The molecule has 0 saturated heterocycles. The van der Waals surface area contributed by atoms with Gasteiger partial charge in [-0.3, -0.25) is 4.79 Å². The van der Waals surface area contributed by atoms with Crippen LogP contribution in [0.3, 0.4) is 0 Å². The molecule has 26 heavy (non-hydrogen) atoms. The third kappa shape index (κ3) is 5.68. The molecule has 138 valence electrons. The van der Waals surface area contributed by atoms with E-state index in [1.54, 1.807) is 49.4 Å². The van der Waals surface area contributed by atoms with Crippen LogP contribution in [-0.2, 0) is 19.6 Å². The van der Waals surface area contributed by atoms with Gasteiger partial charge in [0, 0.05) is 18.7 Å². The number of esters is 1. The van der Waals surface area contributed by atoms with Crippen molar-refractivity contribution in [3.63, 3.8) is 0 Å². The normalized spacial score (nSPS) is 11.0. The maximum Gasteiger partial charge on any atom is 0.338 e. The second kappa shape index (κ2) is 9.12. The van der Waals surface area contributed by atoms with E-state index < -0.39 is 16.0 Å². The minimum Gasteiger partial charge on any atom is -0.462 e. The Balaban J connectivity index is 1.83. The minimum absolute atomic E-state index is 0.0221. The van der Waals surface area contributed by atoms with Gasteiger partial charge in [0.1, 0.15) is 0 Å². The quantitative estimate of drug-likeness (QED) is 0.688. The van der Waals surface area contributed by atoms with Crippen LogP contribution in [0.15, 0.2) is 59.5 Å². The Labute approximate surface area is 152 Å². The molecule has 2 aromatic rings. The molecule has 2 aromatic carbocycles. The first-order valence-electron chi connectivity index (χ1n) is 8.04. The number of benzene rings is 2. The van der Waals surface area contributed by atoms with Crippen molar-refractivity contribution in [2.24, 2.45) is 0 Å². The molecule has 8 heteroatoms. The monoisotopic (exact) mass is 376 g/mol. The first-order chi connectivity index (χ1) is 12.4. The first-order valence-corrected chi connectivity index (χ1v) is 9.52. The summed E-state index contributed by atoms with van der Waals surface area (Å²) in [5.41, 5.74) is 0.898. The Morgan fingerprint density at radius 3 is 2.27 bits per heavy atom. The molecule has 0 bridgehead atoms. The van der Waals surface area contributed by atoms with E-state index in [1.807, 2.05) is 0 Å². The molecule has 0 radical (unpaired) electrons. The van der Waals surface area contributed by atoms with Crippen molar-refractivity contribution in [2.75, 3.05) is 18.5 Å². The van der Waals surface area contributed by atoms with E-state index in [9.17, 15) is 18.0 Å². The summed E-state index contributed by atoms with van der Waals surface area (Å²) in [5.74, 6) is -0.773. The van der Waals surface area contributed by atoms with Crippen molar-refractivity contribution in [1.82, 2.24) is 4.72 Å². The summed E-state index contributed by atoms with van der Waals surface area (Å²) in [6.07, 6.45) is -0.0221. The summed E-state index contributed by atoms with van der Waals surface area (Å²) >= 11 is 0. The highest BCUT2D eigenvalue weighted by Crippen LogP contribution is 2.11. The number of sulfonamides is 1. The van der Waals surface area contributed by atoms with Gasteiger partial charge >= 0.3 is 5.97 Å². The van der Waals surface area contributed by atoms with E-state index in [2.05, 4.69) is 10.0 Å². The van der Waals surface area contributed by atoms with Crippen LogP contribution in [0, 0.1) is 0 Å². The van der Waals surface area contributed by atoms with Gasteiger partial charge in [-0.05, 0) is 43.3 Å². The Morgan fingerprint density at radius 2 is 1.65 bits per heavy atom. The average Bonchev–Trinajstić information content (AvgIpc) is 2.63. The van der Waals surface area contributed by atoms with Crippen LogP contribution in [0.1, 0.15) is 23.7 Å². The predicted octanol–water partition coefficient (Wildman–Crippen LogP) is 2.17. The SMILES string of the molecule is CCOC(=O)c1ccc(NC(=O)CCNS(=O)(=O)c2ccccc2)cc1. The van der Waals surface area contributed by atoms with Crippen LogP contribution in [0.25, 0.3) is 0 Å². The third-order valence-corrected chi connectivity index (χ3v) is 4.85. The van der Waals surface area contributed by atoms with E-state index in [-0.39, 0.29) is 30.4 Å². The zero-order valence-corrected chi connectivity index (χ0v) is 15.1. The molecule has 0 aliphatic carbocycles. The fraction of sp³-hybridized carbons (Fsp3) is 0.222. The lowest BCUT2D eigenvalue weighted by Gasteiger charge is -2.08. The van der Waals surface area contributed by atoms with Crippen LogP contribution in [0.4, 0.5) is 5.69 Å². The second-order valence-electron chi connectivity index (χ2n) is 5.31. The van der Waals surface area contributed by atoms with E-state index in [4.69, 9.17) is 4.74 Å². The number of rotatable bonds is 8. The maximum atomic E-state index is 12.0. The van der Waals surface area contributed by atoms with Crippen molar-refractivity contribution < 1.29 is 22.7 Å². The van der Waals surface area contributed by atoms with E-state index >= 15 is 0 Å². The van der Waals surface area contributed by atoms with Gasteiger partial charge in [0.2, 0.25) is 15.9 Å². The Morgan fingerprint density at radius 1 is 1.00 bits per heavy atom. The molecule has 1 amide bonds. The standard InChI is InChI=1S/C18H20N2O5S/c1-2-25-18(22)14-8-10-15(11-9-14)20-17(21)12-13-19-26(23,24)16-6-4-3-5-7-16/h3-11,19H,2,12-13H2,1H3,(H,20,21). The highest BCUT2D eigenvalue weighted by atomic mass is 32.2. The van der Waals surface area contributed by atoms with Crippen molar-refractivity contribution in [1.29, 1.82) is 0 Å². The van der Waals surface area contributed by atoms with Crippen LogP contribution in [0.5, 0.6) is 0 Å². The zero-order valence-electron chi connectivity index (χ0n) is 14.3. The highest BCUT2D eigenvalue weighted by Gasteiger charge is 2.13. The van der Waals surface area contributed by atoms with Gasteiger partial charge < -0.3 is 10.1 Å². The molecule has 0 spiro atoms. The van der Waals surface area contributed by atoms with Crippen molar-refractivity contribution in [2.45, 2.75) is 18.2 Å². The fourth-order valence-electron chi connectivity index (χ4n) is 2.11. The van der Waals surface area contributed by atoms with Gasteiger partial charge in [-0.1, -0.05) is 18.2 Å². The van der Waals surface area contributed by atoms with Gasteiger partial charge in [0.25, 0.3) is 0 Å². The largest absolute Gasteiger partial charge is 0.462 e. The van der Waals surface area contributed by atoms with E-state index in [0.29, 0.717) is 11.3 Å². The summed E-state index contributed by atoms with van der Waals surface area (Å²) in [4.78, 5) is 23.6. The van der Waals surface area contributed by atoms with E-state index in [0.717, 1.165) is 0 Å². The molecular weight excluding hydrogens is 356 g/mol. The number of hydrogen-bond donors (Lipinski definition) is 2. The molecule has 0 atom stereocenters. The lowest BCUT2D eigenvalue weighted by Crippen LogP contribution is -2.27. The molecule has 0 saturated carbocycles. The third-order valence-electron chi connectivity index (χ3n) is 3.38. The summed E-state index contributed by atoms with van der Waals surface area (Å²) in [6.45, 7) is 1.98. The molecule has 0 aliphatic heterocycles. The molecule has 0 heterocycles. The summed E-state index contributed by atoms with van der Waals surface area (Å²) in [5, 5.41) is 2.64. The number of hydrogen-bond acceptors (Lipinski definition) is 5. The molecule has 0 aromatic heterocycles. The lowest BCUT2D eigenvalue weighted by molar-refractivity contribution is -0.116. The van der Waals surface area contributed by atoms with Gasteiger partial charge in [0.05, 0.1) is 17.1 Å². The molecule has 0 aliphatic rings. The molecule has 2 N–H and O–H groups in total. The lowest BCUT2D eigenvalue weighted by atomic mass is 10.2. The number of amides is 1. The smallest absolute Gasteiger partial charge is 0.338 e. The average molecular weight is 376 g/mol. The Hall–Kier alpha value is -2.71. The Bertz CT molecular complexity index is 849. The summed E-state index contributed by atoms with van der Waals surface area (Å²) in [7, 11) is -3.63. The summed E-state index contributed by atoms with van der Waals surface area (Å²) in [6, 6.07) is 14.2. The van der Waals surface area contributed by atoms with Crippen molar-refractivity contribution in [3.8, 4) is 0 Å². The van der Waals surface area contributed by atoms with Crippen LogP contribution in [-0.4, -0.2) is 33.4 Å². The molecular formula is C18H20N2O5S. The van der Waals surface area contributed by atoms with E-state index in [1.165, 1.54) is 12.1 Å². The van der Waals surface area contributed by atoms with Crippen molar-refractivity contribution >= 4 is 27.6 Å². The van der Waals surface area contributed by atoms with Gasteiger partial charge in [0.15, 0.2) is 0 Å². The van der Waals surface area contributed by atoms with Gasteiger partial charge in [-0.15, -0.1) is 0 Å². The maximum absolute atomic E-state index is 12.0. The zero-order chi connectivity index (χ0) is 19.0. The fourth-order valence-corrected chi connectivity index (χ4v) is 3.16. The van der Waals surface area contributed by atoms with Crippen LogP contribution >= 0.6 is 0 Å². The molecule has 0 unspecified atom stereocenters. The number of ether oxygens (including phenoxy) is 1. The number of carbonyl (C=O) groups is 2. The first kappa shape index (κ1) is 19.6. The molecule has 2 rings (SSSR count). The highest BCUT2D eigenvalue weighted by molar-refractivity contribution is 7.89. The number of anilines is 1. The van der Waals surface area contributed by atoms with Crippen LogP contribution < -0.4 is 10.0 Å². The number of carbonyl (C=O) groups excluding carboxylic acids is 2. The predicted molar refractivity (Wildman–Crippen MR) is 97.3 cm³/mol. The van der Waals surface area contributed by atoms with Crippen molar-refractivity contribution in [3.05, 3.63) is 60.2 Å². The molecule has 0 fully saturated rings. The second-order valence-corrected chi connectivity index (χ2v) is 7.07. The summed E-state index contributed by atoms with van der Waals surface area (Å²) < 4.78 is 31.3.